The largest absolute Gasteiger partial charge is 0.481 e. The lowest BCUT2D eigenvalue weighted by atomic mass is 10.2. The first-order valence-corrected chi connectivity index (χ1v) is 6.63. The zero-order valence-electron chi connectivity index (χ0n) is 10.5. The van der Waals surface area contributed by atoms with Crippen LogP contribution in [-0.4, -0.2) is 30.3 Å². The maximum Gasteiger partial charge on any atom is 0.260 e. The van der Waals surface area contributed by atoms with E-state index in [-0.39, 0.29) is 18.4 Å². The van der Waals surface area contributed by atoms with E-state index in [1.807, 2.05) is 19.1 Å². The number of amides is 1. The van der Waals surface area contributed by atoms with Crippen molar-refractivity contribution in [3.8, 4) is 5.75 Å². The van der Waals surface area contributed by atoms with Crippen molar-refractivity contribution >= 4 is 21.8 Å². The van der Waals surface area contributed by atoms with Crippen LogP contribution in [0.4, 0.5) is 0 Å². The fourth-order valence-electron chi connectivity index (χ4n) is 1.28. The van der Waals surface area contributed by atoms with Gasteiger partial charge in [0.05, 0.1) is 0 Å². The molecule has 1 amide bonds. The van der Waals surface area contributed by atoms with Gasteiger partial charge in [0, 0.05) is 17.6 Å². The van der Waals surface area contributed by atoms with Gasteiger partial charge in [-0.3, -0.25) is 4.79 Å². The number of nitrogens with one attached hydrogen (secondary N) is 1. The van der Waals surface area contributed by atoms with Crippen molar-refractivity contribution < 1.29 is 14.6 Å². The molecule has 0 radical (unpaired) electrons. The third kappa shape index (κ3) is 5.06. The van der Waals surface area contributed by atoms with Crippen molar-refractivity contribution in [2.45, 2.75) is 20.0 Å². The Labute approximate surface area is 115 Å². The number of rotatable bonds is 6. The number of aliphatic hydroxyl groups excluding tert-OH is 1. The molecule has 2 unspecified atom stereocenters. The summed E-state index contributed by atoms with van der Waals surface area (Å²) in [6, 6.07) is 7.34. The van der Waals surface area contributed by atoms with E-state index >= 15 is 0 Å². The molecule has 5 heteroatoms. The van der Waals surface area contributed by atoms with Crippen LogP contribution in [0.3, 0.4) is 0 Å². The average Bonchev–Trinajstić information content (AvgIpc) is 2.35. The first-order valence-electron chi connectivity index (χ1n) is 5.83. The summed E-state index contributed by atoms with van der Waals surface area (Å²) < 4.78 is 6.42. The number of benzene rings is 1. The molecular formula is C13H18BrNO3. The zero-order chi connectivity index (χ0) is 13.5. The third-order valence-corrected chi connectivity index (χ3v) is 2.91. The van der Waals surface area contributed by atoms with Gasteiger partial charge in [0.2, 0.25) is 0 Å². The Morgan fingerprint density at radius 2 is 2.22 bits per heavy atom. The summed E-state index contributed by atoms with van der Waals surface area (Å²) in [7, 11) is 0. The number of halogens is 1. The molecule has 100 valence electrons. The fourth-order valence-corrected chi connectivity index (χ4v) is 1.66. The molecule has 0 fully saturated rings. The van der Waals surface area contributed by atoms with Gasteiger partial charge in [-0.25, -0.2) is 0 Å². The summed E-state index contributed by atoms with van der Waals surface area (Å²) in [5.74, 6) is 0.504. The monoisotopic (exact) mass is 315 g/mol. The molecule has 0 bridgehead atoms. The van der Waals surface area contributed by atoms with Crippen LogP contribution in [-0.2, 0) is 4.79 Å². The van der Waals surface area contributed by atoms with E-state index < -0.39 is 6.10 Å². The highest BCUT2D eigenvalue weighted by atomic mass is 79.9. The number of hydrogen-bond donors (Lipinski definition) is 2. The molecule has 2 N–H and O–H groups in total. The second-order valence-electron chi connectivity index (χ2n) is 4.25. The Kier molecular flexibility index (Phi) is 6.15. The van der Waals surface area contributed by atoms with E-state index in [4.69, 9.17) is 9.84 Å². The van der Waals surface area contributed by atoms with E-state index in [9.17, 15) is 4.79 Å². The predicted octanol–water partition coefficient (Wildman–Crippen LogP) is 1.96. The molecule has 1 aromatic carbocycles. The lowest BCUT2D eigenvalue weighted by Gasteiger charge is -2.16. The zero-order valence-corrected chi connectivity index (χ0v) is 12.1. The molecule has 4 nitrogen and oxygen atoms in total. The Hall–Kier alpha value is -1.07. The third-order valence-electron chi connectivity index (χ3n) is 2.41. The van der Waals surface area contributed by atoms with Crippen LogP contribution < -0.4 is 10.1 Å². The predicted molar refractivity (Wildman–Crippen MR) is 73.5 cm³/mol. The second kappa shape index (κ2) is 7.38. The molecule has 2 atom stereocenters. The number of ether oxygens (including phenoxy) is 1. The quantitative estimate of drug-likeness (QED) is 0.843. The summed E-state index contributed by atoms with van der Waals surface area (Å²) >= 11 is 3.34. The lowest BCUT2D eigenvalue weighted by molar-refractivity contribution is -0.127. The van der Waals surface area contributed by atoms with E-state index in [0.717, 1.165) is 4.47 Å². The van der Waals surface area contributed by atoms with Gasteiger partial charge >= 0.3 is 0 Å². The maximum absolute atomic E-state index is 11.7. The summed E-state index contributed by atoms with van der Waals surface area (Å²) in [5.41, 5.74) is 0. The minimum atomic E-state index is -0.565. The Bertz CT molecular complexity index is 398. The first kappa shape index (κ1) is 15.0. The Morgan fingerprint density at radius 1 is 1.50 bits per heavy atom. The summed E-state index contributed by atoms with van der Waals surface area (Å²) in [6.45, 7) is 4.06. The van der Waals surface area contributed by atoms with Crippen molar-refractivity contribution in [2.24, 2.45) is 5.92 Å². The molecule has 0 aliphatic rings. The highest BCUT2D eigenvalue weighted by Crippen LogP contribution is 2.18. The van der Waals surface area contributed by atoms with Crippen molar-refractivity contribution in [2.75, 3.05) is 13.2 Å². The van der Waals surface area contributed by atoms with Gasteiger partial charge in [-0.1, -0.05) is 28.9 Å². The van der Waals surface area contributed by atoms with E-state index in [2.05, 4.69) is 21.2 Å². The molecule has 0 aliphatic heterocycles. The highest BCUT2D eigenvalue weighted by Gasteiger charge is 2.15. The normalized spacial score (nSPS) is 13.8. The summed E-state index contributed by atoms with van der Waals surface area (Å²) in [5, 5.41) is 11.6. The second-order valence-corrected chi connectivity index (χ2v) is 5.17. The molecule has 1 aromatic rings. The van der Waals surface area contributed by atoms with Crippen LogP contribution in [0.1, 0.15) is 13.8 Å². The summed E-state index contributed by atoms with van der Waals surface area (Å²) in [6.07, 6.45) is -0.565. The van der Waals surface area contributed by atoms with Crippen LogP contribution in [0, 0.1) is 5.92 Å². The van der Waals surface area contributed by atoms with Crippen LogP contribution in [0.5, 0.6) is 5.75 Å². The lowest BCUT2D eigenvalue weighted by Crippen LogP contribution is -2.39. The molecular weight excluding hydrogens is 298 g/mol. The fraction of sp³-hybridized carbons (Fsp3) is 0.462. The molecule has 0 saturated carbocycles. The smallest absolute Gasteiger partial charge is 0.260 e. The molecule has 0 heterocycles. The van der Waals surface area contributed by atoms with E-state index in [1.165, 1.54) is 0 Å². The standard InChI is InChI=1S/C13H18BrNO3/c1-9(8-16)7-15-13(17)10(2)18-12-5-3-4-11(14)6-12/h3-6,9-10,16H,7-8H2,1-2H3,(H,15,17). The van der Waals surface area contributed by atoms with Crippen molar-refractivity contribution in [3.63, 3.8) is 0 Å². The van der Waals surface area contributed by atoms with Gasteiger partial charge in [0.25, 0.3) is 5.91 Å². The first-order chi connectivity index (χ1) is 8.52. The number of hydrogen-bond acceptors (Lipinski definition) is 3. The molecule has 0 aromatic heterocycles. The topological polar surface area (TPSA) is 58.6 Å². The molecule has 18 heavy (non-hydrogen) atoms. The van der Waals surface area contributed by atoms with Crippen LogP contribution in [0.15, 0.2) is 28.7 Å². The maximum atomic E-state index is 11.7. The Morgan fingerprint density at radius 3 is 2.83 bits per heavy atom. The number of carbonyl (C=O) groups excluding carboxylic acids is 1. The Balaban J connectivity index is 2.45. The SMILES string of the molecule is CC(CO)CNC(=O)C(C)Oc1cccc(Br)c1. The molecule has 0 spiro atoms. The molecule has 0 aliphatic carbocycles. The van der Waals surface area contributed by atoms with E-state index in [0.29, 0.717) is 12.3 Å². The van der Waals surface area contributed by atoms with Gasteiger partial charge in [-0.05, 0) is 31.0 Å². The van der Waals surface area contributed by atoms with Crippen LogP contribution >= 0.6 is 15.9 Å². The van der Waals surface area contributed by atoms with Crippen molar-refractivity contribution in [3.05, 3.63) is 28.7 Å². The summed E-state index contributed by atoms with van der Waals surface area (Å²) in [4.78, 5) is 11.7. The van der Waals surface area contributed by atoms with Crippen molar-refractivity contribution in [1.82, 2.24) is 5.32 Å². The van der Waals surface area contributed by atoms with Crippen molar-refractivity contribution in [1.29, 1.82) is 0 Å². The van der Waals surface area contributed by atoms with Crippen LogP contribution in [0.25, 0.3) is 0 Å². The number of aliphatic hydroxyl groups is 1. The van der Waals surface area contributed by atoms with Gasteiger partial charge < -0.3 is 15.2 Å². The van der Waals surface area contributed by atoms with Crippen LogP contribution in [0.2, 0.25) is 0 Å². The molecule has 0 saturated heterocycles. The molecule has 1 rings (SSSR count). The highest BCUT2D eigenvalue weighted by molar-refractivity contribution is 9.10. The number of carbonyl (C=O) groups is 1. The average molecular weight is 316 g/mol. The minimum Gasteiger partial charge on any atom is -0.481 e. The van der Waals surface area contributed by atoms with E-state index in [1.54, 1.807) is 19.1 Å². The van der Waals surface area contributed by atoms with Gasteiger partial charge in [-0.2, -0.15) is 0 Å². The van der Waals surface area contributed by atoms with Gasteiger partial charge in [-0.15, -0.1) is 0 Å². The minimum absolute atomic E-state index is 0.0482. The van der Waals surface area contributed by atoms with Gasteiger partial charge in [0.1, 0.15) is 5.75 Å². The van der Waals surface area contributed by atoms with Gasteiger partial charge in [0.15, 0.2) is 6.10 Å².